The van der Waals surface area contributed by atoms with Crippen molar-refractivity contribution in [1.82, 2.24) is 4.98 Å². The van der Waals surface area contributed by atoms with Gasteiger partial charge < -0.3 is 4.42 Å². The van der Waals surface area contributed by atoms with Crippen molar-refractivity contribution in [1.29, 1.82) is 0 Å². The Morgan fingerprint density at radius 2 is 2.05 bits per heavy atom. The van der Waals surface area contributed by atoms with Crippen molar-refractivity contribution in [2.24, 2.45) is 0 Å². The van der Waals surface area contributed by atoms with Crippen molar-refractivity contribution in [3.05, 3.63) is 66.4 Å². The van der Waals surface area contributed by atoms with Crippen LogP contribution in [0.15, 0.2) is 65.2 Å². The van der Waals surface area contributed by atoms with Crippen LogP contribution in [-0.2, 0) is 0 Å². The van der Waals surface area contributed by atoms with Crippen molar-refractivity contribution >= 4 is 22.1 Å². The summed E-state index contributed by atoms with van der Waals surface area (Å²) < 4.78 is 37.3. The molecule has 0 aliphatic heterocycles. The van der Waals surface area contributed by atoms with E-state index < -0.39 is 12.7 Å². The molecule has 2 nitrogen and oxygen atoms in total. The molecule has 0 radical (unpaired) electrons. The molecular formula is C20H17NO. The Bertz CT molecular complexity index is 1110. The molecule has 0 bridgehead atoms. The van der Waals surface area contributed by atoms with Crippen molar-refractivity contribution in [3.63, 3.8) is 0 Å². The second-order valence-corrected chi connectivity index (χ2v) is 5.34. The maximum absolute atomic E-state index is 8.33. The summed E-state index contributed by atoms with van der Waals surface area (Å²) in [6.07, 6.45) is 1.72. The number of pyridine rings is 1. The van der Waals surface area contributed by atoms with E-state index >= 15 is 0 Å². The van der Waals surface area contributed by atoms with Gasteiger partial charge in [-0.1, -0.05) is 50.2 Å². The standard InChI is InChI=1S/C20H17NO/c1-13(2)14-6-5-7-15(12-14)16-10-11-21-19-17-8-3-4-9-18(17)22-20(16)19/h3-13H,1-2H3/i1D3,13D. The molecule has 0 fully saturated rings. The summed E-state index contributed by atoms with van der Waals surface area (Å²) in [5.74, 6) is -1.69. The normalized spacial score (nSPS) is 17.5. The molecule has 1 unspecified atom stereocenters. The van der Waals surface area contributed by atoms with E-state index in [0.717, 1.165) is 27.6 Å². The number of aromatic nitrogens is 1. The van der Waals surface area contributed by atoms with Crippen LogP contribution in [-0.4, -0.2) is 4.98 Å². The summed E-state index contributed by atoms with van der Waals surface area (Å²) >= 11 is 0. The molecule has 2 aromatic heterocycles. The Morgan fingerprint density at radius 3 is 2.95 bits per heavy atom. The molecule has 2 heterocycles. The van der Waals surface area contributed by atoms with Gasteiger partial charge in [-0.25, -0.2) is 0 Å². The largest absolute Gasteiger partial charge is 0.454 e. The molecular weight excluding hydrogens is 270 g/mol. The first-order valence-corrected chi connectivity index (χ1v) is 7.16. The molecule has 0 aliphatic carbocycles. The second-order valence-electron chi connectivity index (χ2n) is 5.34. The molecule has 2 aromatic carbocycles. The molecule has 4 aromatic rings. The van der Waals surface area contributed by atoms with Gasteiger partial charge in [-0.15, -0.1) is 0 Å². The van der Waals surface area contributed by atoms with Crippen molar-refractivity contribution in [2.45, 2.75) is 19.7 Å². The molecule has 0 aliphatic rings. The smallest absolute Gasteiger partial charge is 0.161 e. The van der Waals surface area contributed by atoms with E-state index in [9.17, 15) is 0 Å². The van der Waals surface area contributed by atoms with Gasteiger partial charge in [0, 0.05) is 22.6 Å². The average molecular weight is 291 g/mol. The van der Waals surface area contributed by atoms with E-state index in [-0.39, 0.29) is 0 Å². The average Bonchev–Trinajstić information content (AvgIpc) is 2.99. The van der Waals surface area contributed by atoms with Gasteiger partial charge >= 0.3 is 0 Å². The number of hydrogen-bond acceptors (Lipinski definition) is 2. The van der Waals surface area contributed by atoms with E-state index in [2.05, 4.69) is 4.98 Å². The molecule has 108 valence electrons. The summed E-state index contributed by atoms with van der Waals surface area (Å²) in [6.45, 7) is -0.999. The van der Waals surface area contributed by atoms with Crippen LogP contribution in [0.5, 0.6) is 0 Å². The number of para-hydroxylation sites is 1. The highest BCUT2D eigenvalue weighted by atomic mass is 16.3. The molecule has 2 heteroatoms. The maximum Gasteiger partial charge on any atom is 0.161 e. The minimum atomic E-state index is -2.42. The Labute approximate surface area is 135 Å². The zero-order valence-electron chi connectivity index (χ0n) is 16.1. The SMILES string of the molecule is [2H]C([2H])([2H])C([2H])(C)c1cccc(-c2ccnc3c2oc2ccccc23)c1. The van der Waals surface area contributed by atoms with Gasteiger partial charge in [0.05, 0.1) is 0 Å². The number of nitrogens with zero attached hydrogens (tertiary/aromatic N) is 1. The maximum atomic E-state index is 8.33. The van der Waals surface area contributed by atoms with Crippen LogP contribution in [0.4, 0.5) is 0 Å². The second kappa shape index (κ2) is 4.99. The third kappa shape index (κ3) is 2.00. The van der Waals surface area contributed by atoms with Crippen LogP contribution in [0.3, 0.4) is 0 Å². The predicted octanol–water partition coefficient (Wildman–Crippen LogP) is 5.77. The Morgan fingerprint density at radius 1 is 1.14 bits per heavy atom. The fourth-order valence-electron chi connectivity index (χ4n) is 2.75. The lowest BCUT2D eigenvalue weighted by molar-refractivity contribution is 0.669. The quantitative estimate of drug-likeness (QED) is 0.468. The van der Waals surface area contributed by atoms with Crippen LogP contribution in [0.25, 0.3) is 33.2 Å². The molecule has 0 saturated heterocycles. The highest BCUT2D eigenvalue weighted by Crippen LogP contribution is 2.34. The van der Waals surface area contributed by atoms with Crippen molar-refractivity contribution in [2.75, 3.05) is 0 Å². The van der Waals surface area contributed by atoms with Crippen molar-refractivity contribution < 1.29 is 9.90 Å². The summed E-state index contributed by atoms with van der Waals surface area (Å²) in [5, 5.41) is 0.938. The fraction of sp³-hybridized carbons (Fsp3) is 0.150. The van der Waals surface area contributed by atoms with Gasteiger partial charge in [-0.3, -0.25) is 4.98 Å². The molecule has 22 heavy (non-hydrogen) atoms. The molecule has 0 N–H and O–H groups in total. The number of rotatable bonds is 2. The number of fused-ring (bicyclic) bond motifs is 3. The van der Waals surface area contributed by atoms with Crippen LogP contribution in [0.1, 0.15) is 30.7 Å². The zero-order valence-corrected chi connectivity index (χ0v) is 12.1. The monoisotopic (exact) mass is 291 g/mol. The van der Waals surface area contributed by atoms with E-state index in [0.29, 0.717) is 11.1 Å². The zero-order chi connectivity index (χ0) is 18.5. The Balaban J connectivity index is 1.93. The van der Waals surface area contributed by atoms with Crippen LogP contribution >= 0.6 is 0 Å². The van der Waals surface area contributed by atoms with E-state index in [1.165, 1.54) is 6.92 Å². The lowest BCUT2D eigenvalue weighted by Crippen LogP contribution is -1.88. The molecule has 4 rings (SSSR count). The number of furan rings is 1. The van der Waals surface area contributed by atoms with Gasteiger partial charge in [-0.05, 0) is 35.2 Å². The first kappa shape index (κ1) is 9.42. The van der Waals surface area contributed by atoms with Gasteiger partial charge in [0.15, 0.2) is 5.58 Å². The first-order valence-electron chi connectivity index (χ1n) is 9.16. The van der Waals surface area contributed by atoms with Gasteiger partial charge in [0.25, 0.3) is 0 Å². The van der Waals surface area contributed by atoms with Gasteiger partial charge in [0.2, 0.25) is 0 Å². The minimum absolute atomic E-state index is 0.441. The third-order valence-corrected chi connectivity index (χ3v) is 3.87. The van der Waals surface area contributed by atoms with Gasteiger partial charge in [-0.2, -0.15) is 0 Å². The van der Waals surface area contributed by atoms with E-state index in [4.69, 9.17) is 9.90 Å². The summed E-state index contributed by atoms with van der Waals surface area (Å²) in [6, 6.07) is 16.7. The lowest BCUT2D eigenvalue weighted by Gasteiger charge is -2.08. The molecule has 1 atom stereocenters. The van der Waals surface area contributed by atoms with Gasteiger partial charge in [0.1, 0.15) is 11.1 Å². The summed E-state index contributed by atoms with van der Waals surface area (Å²) in [5.41, 5.74) is 4.26. The number of hydrogen-bond donors (Lipinski definition) is 0. The minimum Gasteiger partial charge on any atom is -0.454 e. The summed E-state index contributed by atoms with van der Waals surface area (Å²) in [4.78, 5) is 4.45. The first-order chi connectivity index (χ1) is 12.3. The third-order valence-electron chi connectivity index (χ3n) is 3.87. The topological polar surface area (TPSA) is 26.0 Å². The highest BCUT2D eigenvalue weighted by molar-refractivity contribution is 6.07. The van der Waals surface area contributed by atoms with Crippen LogP contribution in [0.2, 0.25) is 0 Å². The van der Waals surface area contributed by atoms with E-state index in [1.54, 1.807) is 24.4 Å². The Kier molecular flexibility index (Phi) is 2.13. The highest BCUT2D eigenvalue weighted by Gasteiger charge is 2.13. The van der Waals surface area contributed by atoms with Crippen LogP contribution in [0, 0.1) is 0 Å². The van der Waals surface area contributed by atoms with Crippen LogP contribution < -0.4 is 0 Å². The number of benzene rings is 2. The summed E-state index contributed by atoms with van der Waals surface area (Å²) in [7, 11) is 0. The molecule has 0 amide bonds. The Hall–Kier alpha value is -2.61. The predicted molar refractivity (Wildman–Crippen MR) is 91.0 cm³/mol. The fourth-order valence-corrected chi connectivity index (χ4v) is 2.75. The van der Waals surface area contributed by atoms with E-state index in [1.807, 2.05) is 36.4 Å². The molecule has 0 spiro atoms. The molecule has 0 saturated carbocycles. The lowest BCUT2D eigenvalue weighted by atomic mass is 9.97. The van der Waals surface area contributed by atoms with Crippen molar-refractivity contribution in [3.8, 4) is 11.1 Å².